The number of carbonyl (C=O) groups excluding carboxylic acids is 1. The number of rotatable bonds is 2. The number of para-hydroxylation sites is 1. The lowest BCUT2D eigenvalue weighted by molar-refractivity contribution is -0.130. The van der Waals surface area contributed by atoms with Crippen molar-refractivity contribution in [3.8, 4) is 5.75 Å². The van der Waals surface area contributed by atoms with E-state index in [0.717, 1.165) is 0 Å². The van der Waals surface area contributed by atoms with Crippen LogP contribution in [0.25, 0.3) is 0 Å². The van der Waals surface area contributed by atoms with E-state index in [9.17, 15) is 9.90 Å². The van der Waals surface area contributed by atoms with Gasteiger partial charge in [0.2, 0.25) is 5.90 Å². The van der Waals surface area contributed by atoms with Gasteiger partial charge in [0.05, 0.1) is 5.56 Å². The number of nitrogens with zero attached hydrogens (tertiary/aromatic N) is 1. The molecule has 0 saturated heterocycles. The van der Waals surface area contributed by atoms with Gasteiger partial charge in [-0.3, -0.25) is 10.0 Å². The molecule has 1 aromatic carbocycles. The Balaban J connectivity index is 2.25. The minimum Gasteiger partial charge on any atom is -0.507 e. The zero-order valence-corrected chi connectivity index (χ0v) is 8.25. The summed E-state index contributed by atoms with van der Waals surface area (Å²) in [5.74, 6) is -0.400. The molecule has 0 radical (unpaired) electrons. The number of amides is 1. The van der Waals surface area contributed by atoms with Crippen LogP contribution in [0.15, 0.2) is 29.3 Å². The zero-order chi connectivity index (χ0) is 11.5. The van der Waals surface area contributed by atoms with E-state index in [-0.39, 0.29) is 18.3 Å². The van der Waals surface area contributed by atoms with Gasteiger partial charge in [0.25, 0.3) is 5.91 Å². The number of hydrogen-bond acceptors (Lipinski definition) is 5. The number of aliphatic imine (C=N–C) groups is 1. The Morgan fingerprint density at radius 2 is 2.25 bits per heavy atom. The minimum atomic E-state index is -0.778. The van der Waals surface area contributed by atoms with Crippen LogP contribution in [-0.4, -0.2) is 34.8 Å². The SMILES string of the molecule is O=C(NO)[C@H]1COC(c2ccccc2O)=N1. The van der Waals surface area contributed by atoms with Gasteiger partial charge in [-0.05, 0) is 12.1 Å². The number of phenolic OH excluding ortho intramolecular Hbond substituents is 1. The molecular formula is C10H10N2O4. The van der Waals surface area contributed by atoms with Crippen LogP contribution >= 0.6 is 0 Å². The van der Waals surface area contributed by atoms with Crippen LogP contribution in [0.3, 0.4) is 0 Å². The number of ether oxygens (including phenoxy) is 1. The molecule has 2 rings (SSSR count). The van der Waals surface area contributed by atoms with Crippen molar-refractivity contribution >= 4 is 11.8 Å². The van der Waals surface area contributed by atoms with E-state index in [1.54, 1.807) is 18.2 Å². The Morgan fingerprint density at radius 1 is 1.50 bits per heavy atom. The molecule has 1 aliphatic heterocycles. The van der Waals surface area contributed by atoms with Crippen LogP contribution in [0.2, 0.25) is 0 Å². The highest BCUT2D eigenvalue weighted by Crippen LogP contribution is 2.20. The van der Waals surface area contributed by atoms with Gasteiger partial charge in [0, 0.05) is 0 Å². The predicted octanol–water partition coefficient (Wildman–Crippen LogP) is 0.0430. The molecule has 84 valence electrons. The van der Waals surface area contributed by atoms with Crippen LogP contribution in [0.1, 0.15) is 5.56 Å². The first-order valence-corrected chi connectivity index (χ1v) is 4.65. The van der Waals surface area contributed by atoms with Gasteiger partial charge in [-0.1, -0.05) is 12.1 Å². The second-order valence-corrected chi connectivity index (χ2v) is 3.25. The van der Waals surface area contributed by atoms with E-state index < -0.39 is 11.9 Å². The van der Waals surface area contributed by atoms with Gasteiger partial charge in [0.1, 0.15) is 12.4 Å². The maximum atomic E-state index is 11.1. The Morgan fingerprint density at radius 3 is 2.94 bits per heavy atom. The zero-order valence-electron chi connectivity index (χ0n) is 8.25. The minimum absolute atomic E-state index is 0.0336. The Kier molecular flexibility index (Phi) is 2.74. The summed E-state index contributed by atoms with van der Waals surface area (Å²) in [4.78, 5) is 15.0. The normalized spacial score (nSPS) is 18.8. The van der Waals surface area contributed by atoms with Gasteiger partial charge in [-0.15, -0.1) is 0 Å². The second-order valence-electron chi connectivity index (χ2n) is 3.25. The fourth-order valence-corrected chi connectivity index (χ4v) is 1.38. The number of phenols is 1. The average molecular weight is 222 g/mol. The first-order chi connectivity index (χ1) is 7.72. The Bertz CT molecular complexity index is 444. The van der Waals surface area contributed by atoms with Crippen molar-refractivity contribution < 1.29 is 19.8 Å². The molecule has 1 atom stereocenters. The molecule has 1 aliphatic rings. The molecule has 0 spiro atoms. The lowest BCUT2D eigenvalue weighted by Crippen LogP contribution is -2.31. The second kappa shape index (κ2) is 4.19. The van der Waals surface area contributed by atoms with Crippen LogP contribution in [0.4, 0.5) is 0 Å². The number of benzene rings is 1. The van der Waals surface area contributed by atoms with Gasteiger partial charge >= 0.3 is 0 Å². The molecule has 6 heteroatoms. The molecule has 3 N–H and O–H groups in total. The Labute approximate surface area is 91.1 Å². The van der Waals surface area contributed by atoms with Crippen molar-refractivity contribution in [1.29, 1.82) is 0 Å². The van der Waals surface area contributed by atoms with Crippen LogP contribution in [0, 0.1) is 0 Å². The highest BCUT2D eigenvalue weighted by molar-refractivity contribution is 6.00. The molecule has 1 amide bonds. The molecule has 1 heterocycles. The highest BCUT2D eigenvalue weighted by atomic mass is 16.5. The van der Waals surface area contributed by atoms with E-state index in [1.165, 1.54) is 11.5 Å². The molecule has 0 aliphatic carbocycles. The molecule has 16 heavy (non-hydrogen) atoms. The highest BCUT2D eigenvalue weighted by Gasteiger charge is 2.27. The van der Waals surface area contributed by atoms with E-state index >= 15 is 0 Å². The molecular weight excluding hydrogens is 212 g/mol. The molecule has 0 bridgehead atoms. The van der Waals surface area contributed by atoms with Crippen molar-refractivity contribution in [1.82, 2.24) is 5.48 Å². The third-order valence-corrected chi connectivity index (χ3v) is 2.20. The summed E-state index contributed by atoms with van der Waals surface area (Å²) in [5.41, 5.74) is 1.93. The molecule has 0 unspecified atom stereocenters. The summed E-state index contributed by atoms with van der Waals surface area (Å²) in [6.45, 7) is 0.0516. The van der Waals surface area contributed by atoms with E-state index in [0.29, 0.717) is 5.56 Å². The Hall–Kier alpha value is -2.08. The maximum Gasteiger partial charge on any atom is 0.271 e. The first-order valence-electron chi connectivity index (χ1n) is 4.65. The topological polar surface area (TPSA) is 91.2 Å². The average Bonchev–Trinajstić information content (AvgIpc) is 2.78. The number of nitrogens with one attached hydrogen (secondary N) is 1. The maximum absolute atomic E-state index is 11.1. The summed E-state index contributed by atoms with van der Waals surface area (Å²) < 4.78 is 5.17. The summed E-state index contributed by atoms with van der Waals surface area (Å²) in [6, 6.07) is 5.75. The summed E-state index contributed by atoms with van der Waals surface area (Å²) in [5, 5.41) is 18.0. The van der Waals surface area contributed by atoms with Crippen LogP contribution < -0.4 is 5.48 Å². The fraction of sp³-hybridized carbons (Fsp3) is 0.200. The molecule has 0 aromatic heterocycles. The third kappa shape index (κ3) is 1.82. The fourth-order valence-electron chi connectivity index (χ4n) is 1.38. The van der Waals surface area contributed by atoms with Crippen molar-refractivity contribution in [2.45, 2.75) is 6.04 Å². The summed E-state index contributed by atoms with van der Waals surface area (Å²) in [7, 11) is 0. The lowest BCUT2D eigenvalue weighted by Gasteiger charge is -2.02. The van der Waals surface area contributed by atoms with E-state index in [4.69, 9.17) is 9.94 Å². The van der Waals surface area contributed by atoms with E-state index in [1.807, 2.05) is 0 Å². The van der Waals surface area contributed by atoms with Gasteiger partial charge < -0.3 is 9.84 Å². The summed E-state index contributed by atoms with van der Waals surface area (Å²) in [6.07, 6.45) is 0. The van der Waals surface area contributed by atoms with Crippen LogP contribution in [-0.2, 0) is 9.53 Å². The third-order valence-electron chi connectivity index (χ3n) is 2.20. The van der Waals surface area contributed by atoms with Gasteiger partial charge in [-0.2, -0.15) is 0 Å². The largest absolute Gasteiger partial charge is 0.507 e. The standard InChI is InChI=1S/C10H10N2O4/c13-8-4-2-1-3-6(8)10-11-7(5-16-10)9(14)12-15/h1-4,7,13,15H,5H2,(H,12,14)/t7-/m1/s1. The van der Waals surface area contributed by atoms with Gasteiger partial charge in [-0.25, -0.2) is 10.5 Å². The lowest BCUT2D eigenvalue weighted by atomic mass is 10.2. The van der Waals surface area contributed by atoms with Crippen LogP contribution in [0.5, 0.6) is 5.75 Å². The molecule has 6 nitrogen and oxygen atoms in total. The number of carbonyl (C=O) groups is 1. The van der Waals surface area contributed by atoms with Crippen molar-refractivity contribution in [2.75, 3.05) is 6.61 Å². The smallest absolute Gasteiger partial charge is 0.271 e. The van der Waals surface area contributed by atoms with E-state index in [2.05, 4.69) is 4.99 Å². The predicted molar refractivity (Wildman–Crippen MR) is 54.3 cm³/mol. The first kappa shape index (κ1) is 10.4. The number of hydroxylamine groups is 1. The summed E-state index contributed by atoms with van der Waals surface area (Å²) >= 11 is 0. The molecule has 1 aromatic rings. The quantitative estimate of drug-likeness (QED) is 0.486. The van der Waals surface area contributed by atoms with Crippen molar-refractivity contribution in [3.05, 3.63) is 29.8 Å². The number of aromatic hydroxyl groups is 1. The number of hydrogen-bond donors (Lipinski definition) is 3. The van der Waals surface area contributed by atoms with Gasteiger partial charge in [0.15, 0.2) is 6.04 Å². The van der Waals surface area contributed by atoms with Crippen molar-refractivity contribution in [3.63, 3.8) is 0 Å². The molecule has 0 fully saturated rings. The monoisotopic (exact) mass is 222 g/mol. The van der Waals surface area contributed by atoms with Crippen molar-refractivity contribution in [2.24, 2.45) is 4.99 Å². The molecule has 0 saturated carbocycles.